The van der Waals surface area contributed by atoms with Gasteiger partial charge in [0, 0.05) is 31.3 Å². The first-order valence-electron chi connectivity index (χ1n) is 8.93. The number of anilines is 2. The molecule has 1 unspecified atom stereocenters. The maximum atomic E-state index is 4.74. The van der Waals surface area contributed by atoms with Crippen LogP contribution >= 0.6 is 0 Å². The zero-order valence-electron chi connectivity index (χ0n) is 14.8. The molecule has 6 heteroatoms. The van der Waals surface area contributed by atoms with Crippen LogP contribution in [0.1, 0.15) is 35.7 Å². The van der Waals surface area contributed by atoms with Gasteiger partial charge in [0.15, 0.2) is 0 Å². The predicted octanol–water partition coefficient (Wildman–Crippen LogP) is 3.66. The summed E-state index contributed by atoms with van der Waals surface area (Å²) in [4.78, 5) is 20.1. The third kappa shape index (κ3) is 3.86. The number of nitrogens with zero attached hydrogens (tertiary/aromatic N) is 5. The summed E-state index contributed by atoms with van der Waals surface area (Å²) in [6.45, 7) is 3.99. The highest BCUT2D eigenvalue weighted by Crippen LogP contribution is 2.32. The van der Waals surface area contributed by atoms with Crippen molar-refractivity contribution < 1.29 is 0 Å². The summed E-state index contributed by atoms with van der Waals surface area (Å²) in [5.41, 5.74) is 3.41. The van der Waals surface area contributed by atoms with Crippen molar-refractivity contribution in [1.82, 2.24) is 24.8 Å². The Bertz CT molecular complexity index is 850. The van der Waals surface area contributed by atoms with Crippen molar-refractivity contribution in [1.29, 1.82) is 0 Å². The van der Waals surface area contributed by atoms with Crippen molar-refractivity contribution in [2.45, 2.75) is 32.4 Å². The fourth-order valence-corrected chi connectivity index (χ4v) is 3.35. The predicted molar refractivity (Wildman–Crippen MR) is 101 cm³/mol. The van der Waals surface area contributed by atoms with E-state index in [0.717, 1.165) is 36.6 Å². The van der Waals surface area contributed by atoms with Gasteiger partial charge in [-0.2, -0.15) is 0 Å². The first-order valence-corrected chi connectivity index (χ1v) is 8.93. The van der Waals surface area contributed by atoms with E-state index in [1.165, 1.54) is 12.0 Å². The van der Waals surface area contributed by atoms with Gasteiger partial charge < -0.3 is 5.32 Å². The molecular weight excluding hydrogens is 324 g/mol. The molecule has 1 aliphatic rings. The van der Waals surface area contributed by atoms with Crippen LogP contribution in [0.5, 0.6) is 0 Å². The molecule has 3 aromatic rings. The van der Waals surface area contributed by atoms with Crippen molar-refractivity contribution in [2.75, 3.05) is 11.9 Å². The maximum Gasteiger partial charge on any atom is 0.228 e. The van der Waals surface area contributed by atoms with Gasteiger partial charge in [-0.3, -0.25) is 9.88 Å². The lowest BCUT2D eigenvalue weighted by atomic mass is 10.1. The lowest BCUT2D eigenvalue weighted by molar-refractivity contribution is 0.244. The van der Waals surface area contributed by atoms with Gasteiger partial charge in [0.25, 0.3) is 0 Å². The molecule has 26 heavy (non-hydrogen) atoms. The molecule has 4 heterocycles. The van der Waals surface area contributed by atoms with E-state index in [-0.39, 0.29) is 0 Å². The monoisotopic (exact) mass is 346 g/mol. The minimum absolute atomic E-state index is 0.310. The quantitative estimate of drug-likeness (QED) is 0.760. The molecule has 6 nitrogen and oxygen atoms in total. The Kier molecular flexibility index (Phi) is 4.84. The van der Waals surface area contributed by atoms with Crippen LogP contribution < -0.4 is 5.32 Å². The fraction of sp³-hybridized carbons (Fsp3) is 0.300. The SMILES string of the molecule is Cc1ccc(Nc2nccc(C3CCCN3Cc3cccnc3)n2)nc1. The molecule has 1 fully saturated rings. The van der Waals surface area contributed by atoms with E-state index < -0.39 is 0 Å². The van der Waals surface area contributed by atoms with Gasteiger partial charge in [-0.05, 0) is 55.6 Å². The standard InChI is InChI=1S/C20H22N6/c1-15-6-7-19(23-12-15)25-20-22-10-8-17(24-20)18-5-3-11-26(18)14-16-4-2-9-21-13-16/h2,4,6-10,12-13,18H,3,5,11,14H2,1H3,(H,22,23,24,25). The second-order valence-electron chi connectivity index (χ2n) is 6.64. The fourth-order valence-electron chi connectivity index (χ4n) is 3.35. The van der Waals surface area contributed by atoms with Crippen LogP contribution in [0.15, 0.2) is 55.1 Å². The second-order valence-corrected chi connectivity index (χ2v) is 6.64. The highest BCUT2D eigenvalue weighted by atomic mass is 15.2. The number of nitrogens with one attached hydrogen (secondary N) is 1. The molecule has 4 rings (SSSR count). The minimum atomic E-state index is 0.310. The third-order valence-corrected chi connectivity index (χ3v) is 4.64. The van der Waals surface area contributed by atoms with Gasteiger partial charge >= 0.3 is 0 Å². The smallest absolute Gasteiger partial charge is 0.228 e. The zero-order chi connectivity index (χ0) is 17.8. The van der Waals surface area contributed by atoms with Crippen molar-refractivity contribution in [3.63, 3.8) is 0 Å². The number of aromatic nitrogens is 4. The highest BCUT2D eigenvalue weighted by molar-refractivity contribution is 5.47. The zero-order valence-corrected chi connectivity index (χ0v) is 14.8. The van der Waals surface area contributed by atoms with Crippen LogP contribution in [0.25, 0.3) is 0 Å². The number of hydrogen-bond acceptors (Lipinski definition) is 6. The average molecular weight is 346 g/mol. The van der Waals surface area contributed by atoms with E-state index in [1.807, 2.05) is 56.0 Å². The van der Waals surface area contributed by atoms with Crippen LogP contribution in [0.4, 0.5) is 11.8 Å². The van der Waals surface area contributed by atoms with Crippen molar-refractivity contribution in [3.8, 4) is 0 Å². The van der Waals surface area contributed by atoms with E-state index in [0.29, 0.717) is 12.0 Å². The van der Waals surface area contributed by atoms with E-state index in [4.69, 9.17) is 4.98 Å². The van der Waals surface area contributed by atoms with E-state index in [1.54, 1.807) is 0 Å². The largest absolute Gasteiger partial charge is 0.309 e. The van der Waals surface area contributed by atoms with E-state index in [2.05, 4.69) is 31.2 Å². The Balaban J connectivity index is 1.50. The van der Waals surface area contributed by atoms with Gasteiger partial charge in [-0.25, -0.2) is 15.0 Å². The summed E-state index contributed by atoms with van der Waals surface area (Å²) in [6, 6.07) is 10.4. The number of aryl methyl sites for hydroxylation is 1. The molecule has 1 N–H and O–H groups in total. The Labute approximate surface area is 153 Å². The molecule has 1 saturated heterocycles. The number of likely N-dealkylation sites (tertiary alicyclic amines) is 1. The van der Waals surface area contributed by atoms with Gasteiger partial charge in [-0.1, -0.05) is 12.1 Å². The molecule has 0 bridgehead atoms. The van der Waals surface area contributed by atoms with Gasteiger partial charge in [0.05, 0.1) is 11.7 Å². The average Bonchev–Trinajstić information content (AvgIpc) is 3.13. The summed E-state index contributed by atoms with van der Waals surface area (Å²) >= 11 is 0. The molecule has 3 aromatic heterocycles. The lowest BCUT2D eigenvalue weighted by Gasteiger charge is -2.24. The van der Waals surface area contributed by atoms with Crippen molar-refractivity contribution in [3.05, 3.63) is 71.9 Å². The van der Waals surface area contributed by atoms with Gasteiger partial charge in [0.2, 0.25) is 5.95 Å². The maximum absolute atomic E-state index is 4.74. The summed E-state index contributed by atoms with van der Waals surface area (Å²) < 4.78 is 0. The summed E-state index contributed by atoms with van der Waals surface area (Å²) in [7, 11) is 0. The number of hydrogen-bond donors (Lipinski definition) is 1. The summed E-state index contributed by atoms with van der Waals surface area (Å²) in [5.74, 6) is 1.35. The second kappa shape index (κ2) is 7.58. The third-order valence-electron chi connectivity index (χ3n) is 4.64. The molecule has 0 aromatic carbocycles. The number of rotatable bonds is 5. The van der Waals surface area contributed by atoms with E-state index in [9.17, 15) is 0 Å². The lowest BCUT2D eigenvalue weighted by Crippen LogP contribution is -2.23. The first kappa shape index (κ1) is 16.6. The Morgan fingerprint density at radius 3 is 2.88 bits per heavy atom. The summed E-state index contributed by atoms with van der Waals surface area (Å²) in [5, 5.41) is 3.20. The number of pyridine rings is 2. The van der Waals surface area contributed by atoms with E-state index >= 15 is 0 Å². The first-order chi connectivity index (χ1) is 12.8. The molecule has 1 aliphatic heterocycles. The molecule has 0 aliphatic carbocycles. The molecular formula is C20H22N6. The Morgan fingerprint density at radius 2 is 2.08 bits per heavy atom. The molecule has 0 saturated carbocycles. The topological polar surface area (TPSA) is 66.8 Å². The Hall–Kier alpha value is -2.86. The van der Waals surface area contributed by atoms with Crippen LogP contribution in [-0.2, 0) is 6.54 Å². The Morgan fingerprint density at radius 1 is 1.12 bits per heavy atom. The molecule has 1 atom stereocenters. The summed E-state index contributed by atoms with van der Waals surface area (Å²) in [6.07, 6.45) is 9.69. The molecule has 0 radical (unpaired) electrons. The normalized spacial score (nSPS) is 17.3. The highest BCUT2D eigenvalue weighted by Gasteiger charge is 2.27. The van der Waals surface area contributed by atoms with Crippen molar-refractivity contribution in [2.24, 2.45) is 0 Å². The van der Waals surface area contributed by atoms with Crippen molar-refractivity contribution >= 4 is 11.8 Å². The molecule has 132 valence electrons. The van der Waals surface area contributed by atoms with Crippen LogP contribution in [-0.4, -0.2) is 31.4 Å². The molecule has 0 amide bonds. The van der Waals surface area contributed by atoms with Gasteiger partial charge in [-0.15, -0.1) is 0 Å². The van der Waals surface area contributed by atoms with Gasteiger partial charge in [0.1, 0.15) is 5.82 Å². The minimum Gasteiger partial charge on any atom is -0.309 e. The van der Waals surface area contributed by atoms with Crippen LogP contribution in [0.2, 0.25) is 0 Å². The molecule has 0 spiro atoms. The van der Waals surface area contributed by atoms with Crippen LogP contribution in [0.3, 0.4) is 0 Å². The van der Waals surface area contributed by atoms with Crippen LogP contribution in [0, 0.1) is 6.92 Å².